The van der Waals surface area contributed by atoms with E-state index in [4.69, 9.17) is 0 Å². The Bertz CT molecular complexity index is 714. The van der Waals surface area contributed by atoms with E-state index in [1.165, 1.54) is 6.07 Å². The number of para-hydroxylation sites is 1. The van der Waals surface area contributed by atoms with Crippen molar-refractivity contribution in [1.82, 2.24) is 9.38 Å². The van der Waals surface area contributed by atoms with Crippen LogP contribution in [0.15, 0.2) is 34.2 Å². The Labute approximate surface area is 122 Å². The second-order valence-electron chi connectivity index (χ2n) is 4.15. The average Bonchev–Trinajstić information content (AvgIpc) is 2.90. The number of fused-ring (bicyclic) bond motifs is 1. The molecule has 0 aliphatic heterocycles. The van der Waals surface area contributed by atoms with Gasteiger partial charge < -0.3 is 5.32 Å². The van der Waals surface area contributed by atoms with Crippen molar-refractivity contribution in [3.8, 4) is 0 Å². The van der Waals surface area contributed by atoms with Crippen LogP contribution in [0.1, 0.15) is 11.4 Å². The van der Waals surface area contributed by atoms with Gasteiger partial charge in [0.2, 0.25) is 0 Å². The van der Waals surface area contributed by atoms with Crippen molar-refractivity contribution in [3.63, 3.8) is 0 Å². The van der Waals surface area contributed by atoms with Gasteiger partial charge in [-0.05, 0) is 35.0 Å². The summed E-state index contributed by atoms with van der Waals surface area (Å²) in [6, 6.07) is 4.93. The first-order chi connectivity index (χ1) is 9.16. The SMILES string of the molecule is Cc1nc2sccn2c1CNc1c(F)cccc1Br. The number of nitrogens with one attached hydrogen (secondary N) is 1. The van der Waals surface area contributed by atoms with Crippen molar-refractivity contribution in [2.24, 2.45) is 0 Å². The van der Waals surface area contributed by atoms with Crippen molar-refractivity contribution in [1.29, 1.82) is 0 Å². The molecule has 0 bridgehead atoms. The number of hydrogen-bond donors (Lipinski definition) is 1. The number of nitrogens with zero attached hydrogens (tertiary/aromatic N) is 2. The van der Waals surface area contributed by atoms with Crippen LogP contribution in [0.25, 0.3) is 4.96 Å². The van der Waals surface area contributed by atoms with Crippen LogP contribution in [0.2, 0.25) is 0 Å². The van der Waals surface area contributed by atoms with Crippen LogP contribution in [0, 0.1) is 12.7 Å². The second-order valence-corrected chi connectivity index (χ2v) is 5.88. The van der Waals surface area contributed by atoms with Crippen molar-refractivity contribution >= 4 is 37.9 Å². The van der Waals surface area contributed by atoms with E-state index in [9.17, 15) is 4.39 Å². The molecule has 0 aliphatic carbocycles. The molecule has 98 valence electrons. The summed E-state index contributed by atoms with van der Waals surface area (Å²) >= 11 is 4.94. The van der Waals surface area contributed by atoms with E-state index < -0.39 is 0 Å². The Hall–Kier alpha value is -1.40. The lowest BCUT2D eigenvalue weighted by molar-refractivity contribution is 0.629. The summed E-state index contributed by atoms with van der Waals surface area (Å²) in [4.78, 5) is 5.43. The first-order valence-corrected chi connectivity index (χ1v) is 7.43. The predicted molar refractivity (Wildman–Crippen MR) is 79.2 cm³/mol. The molecule has 0 saturated heterocycles. The normalized spacial score (nSPS) is 11.1. The highest BCUT2D eigenvalue weighted by molar-refractivity contribution is 9.10. The van der Waals surface area contributed by atoms with E-state index in [0.717, 1.165) is 20.8 Å². The molecule has 0 amide bonds. The number of imidazole rings is 1. The van der Waals surface area contributed by atoms with Crippen LogP contribution in [0.5, 0.6) is 0 Å². The van der Waals surface area contributed by atoms with Crippen LogP contribution in [-0.4, -0.2) is 9.38 Å². The van der Waals surface area contributed by atoms with Gasteiger partial charge in [-0.2, -0.15) is 0 Å². The van der Waals surface area contributed by atoms with Gasteiger partial charge >= 0.3 is 0 Å². The van der Waals surface area contributed by atoms with Crippen molar-refractivity contribution in [3.05, 3.63) is 51.5 Å². The van der Waals surface area contributed by atoms with E-state index >= 15 is 0 Å². The molecular weight excluding hydrogens is 329 g/mol. The van der Waals surface area contributed by atoms with Gasteiger partial charge in [-0.3, -0.25) is 4.40 Å². The third-order valence-electron chi connectivity index (χ3n) is 2.96. The number of halogens is 2. The Morgan fingerprint density at radius 1 is 1.47 bits per heavy atom. The lowest BCUT2D eigenvalue weighted by atomic mass is 10.3. The van der Waals surface area contributed by atoms with Crippen molar-refractivity contribution in [2.45, 2.75) is 13.5 Å². The molecule has 0 fully saturated rings. The molecule has 3 aromatic rings. The predicted octanol–water partition coefficient (Wildman–Crippen LogP) is 4.22. The summed E-state index contributed by atoms with van der Waals surface area (Å²) in [5, 5.41) is 5.12. The maximum absolute atomic E-state index is 13.7. The highest BCUT2D eigenvalue weighted by atomic mass is 79.9. The third-order valence-corrected chi connectivity index (χ3v) is 4.37. The molecule has 2 aromatic heterocycles. The highest BCUT2D eigenvalue weighted by Crippen LogP contribution is 2.26. The number of benzene rings is 1. The summed E-state index contributed by atoms with van der Waals surface area (Å²) in [7, 11) is 0. The molecule has 3 nitrogen and oxygen atoms in total. The monoisotopic (exact) mass is 339 g/mol. The van der Waals surface area contributed by atoms with E-state index in [1.807, 2.05) is 29.0 Å². The fourth-order valence-electron chi connectivity index (χ4n) is 1.99. The fourth-order valence-corrected chi connectivity index (χ4v) is 3.25. The fraction of sp³-hybridized carbons (Fsp3) is 0.154. The van der Waals surface area contributed by atoms with Gasteiger partial charge in [-0.1, -0.05) is 6.07 Å². The number of aromatic nitrogens is 2. The molecule has 19 heavy (non-hydrogen) atoms. The highest BCUT2D eigenvalue weighted by Gasteiger charge is 2.11. The first-order valence-electron chi connectivity index (χ1n) is 5.75. The molecule has 0 unspecified atom stereocenters. The largest absolute Gasteiger partial charge is 0.376 e. The van der Waals surface area contributed by atoms with Gasteiger partial charge in [0, 0.05) is 16.0 Å². The summed E-state index contributed by atoms with van der Waals surface area (Å²) in [6.07, 6.45) is 1.98. The second kappa shape index (κ2) is 4.94. The van der Waals surface area contributed by atoms with Gasteiger partial charge in [-0.15, -0.1) is 11.3 Å². The topological polar surface area (TPSA) is 29.3 Å². The summed E-state index contributed by atoms with van der Waals surface area (Å²) in [5.41, 5.74) is 2.49. The minimum absolute atomic E-state index is 0.266. The van der Waals surface area contributed by atoms with Crippen LogP contribution in [-0.2, 0) is 6.54 Å². The van der Waals surface area contributed by atoms with Crippen molar-refractivity contribution in [2.75, 3.05) is 5.32 Å². The van der Waals surface area contributed by atoms with Crippen LogP contribution in [0.4, 0.5) is 10.1 Å². The maximum Gasteiger partial charge on any atom is 0.194 e. The summed E-state index contributed by atoms with van der Waals surface area (Å²) < 4.78 is 16.5. The first kappa shape index (κ1) is 12.6. The minimum Gasteiger partial charge on any atom is -0.376 e. The summed E-state index contributed by atoms with van der Waals surface area (Å²) in [5.74, 6) is -0.266. The van der Waals surface area contributed by atoms with Gasteiger partial charge in [0.1, 0.15) is 5.82 Å². The Kier molecular flexibility index (Phi) is 3.28. The standard InChI is InChI=1S/C13H11BrFN3S/c1-8-11(18-5-6-19-13(18)17-8)7-16-12-9(14)3-2-4-10(12)15/h2-6,16H,7H2,1H3. The molecule has 0 spiro atoms. The number of aryl methyl sites for hydroxylation is 1. The van der Waals surface area contributed by atoms with Gasteiger partial charge in [0.05, 0.1) is 23.6 Å². The number of hydrogen-bond acceptors (Lipinski definition) is 3. The number of rotatable bonds is 3. The van der Waals surface area contributed by atoms with Crippen LogP contribution >= 0.6 is 27.3 Å². The van der Waals surface area contributed by atoms with Crippen LogP contribution < -0.4 is 5.32 Å². The van der Waals surface area contributed by atoms with E-state index in [2.05, 4.69) is 26.2 Å². The number of thiazole rings is 1. The molecule has 0 radical (unpaired) electrons. The third kappa shape index (κ3) is 2.26. The summed E-state index contributed by atoms with van der Waals surface area (Å²) in [6.45, 7) is 2.50. The molecule has 3 rings (SSSR count). The lowest BCUT2D eigenvalue weighted by Gasteiger charge is -2.09. The number of anilines is 1. The van der Waals surface area contributed by atoms with E-state index in [-0.39, 0.29) is 5.82 Å². The van der Waals surface area contributed by atoms with Gasteiger partial charge in [0.25, 0.3) is 0 Å². The molecule has 6 heteroatoms. The lowest BCUT2D eigenvalue weighted by Crippen LogP contribution is -2.05. The Morgan fingerprint density at radius 3 is 3.11 bits per heavy atom. The quantitative estimate of drug-likeness (QED) is 0.774. The zero-order chi connectivity index (χ0) is 13.4. The Morgan fingerprint density at radius 2 is 2.32 bits per heavy atom. The molecule has 1 aromatic carbocycles. The molecule has 0 atom stereocenters. The minimum atomic E-state index is -0.266. The average molecular weight is 340 g/mol. The van der Waals surface area contributed by atoms with Gasteiger partial charge in [0.15, 0.2) is 4.96 Å². The molecule has 0 aliphatic rings. The zero-order valence-electron chi connectivity index (χ0n) is 10.2. The van der Waals surface area contributed by atoms with E-state index in [0.29, 0.717) is 12.2 Å². The smallest absolute Gasteiger partial charge is 0.194 e. The van der Waals surface area contributed by atoms with Crippen LogP contribution in [0.3, 0.4) is 0 Å². The molecule has 1 N–H and O–H groups in total. The van der Waals surface area contributed by atoms with Crippen molar-refractivity contribution < 1.29 is 4.39 Å². The Balaban J connectivity index is 1.90. The van der Waals surface area contributed by atoms with Gasteiger partial charge in [-0.25, -0.2) is 9.37 Å². The molecule has 0 saturated carbocycles. The zero-order valence-corrected chi connectivity index (χ0v) is 12.6. The maximum atomic E-state index is 13.7. The van der Waals surface area contributed by atoms with E-state index in [1.54, 1.807) is 17.4 Å². The molecular formula is C13H11BrFN3S. The molecule has 2 heterocycles.